The van der Waals surface area contributed by atoms with Crippen LogP contribution in [0.15, 0.2) is 30.3 Å². The molecule has 2 amide bonds. The van der Waals surface area contributed by atoms with Crippen LogP contribution >= 0.6 is 7.14 Å². The van der Waals surface area contributed by atoms with Gasteiger partial charge in [0.2, 0.25) is 12.3 Å². The third-order valence-corrected chi connectivity index (χ3v) is 6.17. The van der Waals surface area contributed by atoms with Crippen molar-refractivity contribution in [3.8, 4) is 11.1 Å². The van der Waals surface area contributed by atoms with E-state index >= 15 is 0 Å². The number of anilines is 1. The van der Waals surface area contributed by atoms with Crippen LogP contribution in [-0.4, -0.2) is 38.2 Å². The van der Waals surface area contributed by atoms with Crippen molar-refractivity contribution in [2.24, 2.45) is 0 Å². The standard InChI is InChI=1S/C19H18F3N2O3P/c1-28(2,27)18-12(4-3-5-13(18)20)11-6-7-15(17(22)16(11)21)24-9-8-14(19(24)26)23-10-25/h3-7,10,14H,8-9H2,1-2H3,(H,23,25). The second-order valence-corrected chi connectivity index (χ2v) is 10.0. The van der Waals surface area contributed by atoms with Gasteiger partial charge < -0.3 is 14.8 Å². The fraction of sp³-hybridized carbons (Fsp3) is 0.263. The van der Waals surface area contributed by atoms with Gasteiger partial charge in [-0.25, -0.2) is 13.2 Å². The molecule has 1 unspecified atom stereocenters. The number of carbonyl (C=O) groups excluding carboxylic acids is 2. The minimum atomic E-state index is -3.12. The first-order valence-corrected chi connectivity index (χ1v) is 11.1. The van der Waals surface area contributed by atoms with Gasteiger partial charge in [-0.3, -0.25) is 9.59 Å². The molecule has 9 heteroatoms. The molecule has 0 bridgehead atoms. The van der Waals surface area contributed by atoms with E-state index in [9.17, 15) is 27.3 Å². The zero-order valence-electron chi connectivity index (χ0n) is 15.2. The first kappa shape index (κ1) is 20.1. The highest BCUT2D eigenvalue weighted by Gasteiger charge is 2.35. The van der Waals surface area contributed by atoms with Crippen LogP contribution in [0.25, 0.3) is 11.1 Å². The summed E-state index contributed by atoms with van der Waals surface area (Å²) in [5.41, 5.74) is -0.506. The van der Waals surface area contributed by atoms with E-state index in [1.165, 1.54) is 37.6 Å². The Morgan fingerprint density at radius 2 is 1.82 bits per heavy atom. The van der Waals surface area contributed by atoms with Crippen LogP contribution in [0.4, 0.5) is 18.9 Å². The van der Waals surface area contributed by atoms with Crippen molar-refractivity contribution in [1.82, 2.24) is 5.32 Å². The van der Waals surface area contributed by atoms with Crippen LogP contribution in [0, 0.1) is 17.5 Å². The van der Waals surface area contributed by atoms with Gasteiger partial charge in [0.05, 0.1) is 11.0 Å². The number of nitrogens with zero attached hydrogens (tertiary/aromatic N) is 1. The van der Waals surface area contributed by atoms with Gasteiger partial charge in [0, 0.05) is 12.1 Å². The molecule has 0 spiro atoms. The third-order valence-electron chi connectivity index (χ3n) is 4.64. The average molecular weight is 410 g/mol. The second kappa shape index (κ2) is 7.43. The van der Waals surface area contributed by atoms with Crippen molar-refractivity contribution >= 4 is 30.5 Å². The number of benzene rings is 2. The first-order chi connectivity index (χ1) is 13.2. The molecule has 1 N–H and O–H groups in total. The van der Waals surface area contributed by atoms with E-state index in [1.807, 2.05) is 0 Å². The topological polar surface area (TPSA) is 66.5 Å². The highest BCUT2D eigenvalue weighted by atomic mass is 31.2. The number of carbonyl (C=O) groups is 2. The molecule has 1 atom stereocenters. The molecule has 0 radical (unpaired) electrons. The lowest BCUT2D eigenvalue weighted by molar-refractivity contribution is -0.121. The number of amides is 2. The average Bonchev–Trinajstić information content (AvgIpc) is 2.97. The quantitative estimate of drug-likeness (QED) is 0.609. The van der Waals surface area contributed by atoms with Gasteiger partial charge in [0.25, 0.3) is 0 Å². The minimum Gasteiger partial charge on any atom is -0.347 e. The molecule has 0 aromatic heterocycles. The fourth-order valence-electron chi connectivity index (χ4n) is 3.39. The summed E-state index contributed by atoms with van der Waals surface area (Å²) in [7, 11) is -3.12. The minimum absolute atomic E-state index is 0.00419. The highest BCUT2D eigenvalue weighted by molar-refractivity contribution is 7.70. The van der Waals surface area contributed by atoms with Crippen molar-refractivity contribution in [2.75, 3.05) is 24.8 Å². The van der Waals surface area contributed by atoms with E-state index < -0.39 is 36.5 Å². The highest BCUT2D eigenvalue weighted by Crippen LogP contribution is 2.41. The summed E-state index contributed by atoms with van der Waals surface area (Å²) < 4.78 is 56.4. The molecule has 1 saturated heterocycles. The summed E-state index contributed by atoms with van der Waals surface area (Å²) in [5.74, 6) is -3.84. The zero-order valence-corrected chi connectivity index (χ0v) is 16.1. The molecule has 3 rings (SSSR count). The van der Waals surface area contributed by atoms with Gasteiger partial charge in [-0.15, -0.1) is 0 Å². The van der Waals surface area contributed by atoms with Crippen molar-refractivity contribution < 1.29 is 27.3 Å². The molecule has 148 valence electrons. The fourth-order valence-corrected chi connectivity index (χ4v) is 4.76. The van der Waals surface area contributed by atoms with E-state index in [4.69, 9.17) is 0 Å². The molecule has 2 aromatic rings. The van der Waals surface area contributed by atoms with E-state index in [2.05, 4.69) is 5.32 Å². The van der Waals surface area contributed by atoms with Crippen LogP contribution in [0.5, 0.6) is 0 Å². The SMILES string of the molecule is CP(C)(=O)c1c(F)cccc1-c1ccc(N2CCC(NC=O)C2=O)c(F)c1F. The van der Waals surface area contributed by atoms with Gasteiger partial charge in [-0.1, -0.05) is 12.1 Å². The first-order valence-electron chi connectivity index (χ1n) is 8.50. The van der Waals surface area contributed by atoms with Crippen LogP contribution in [-0.2, 0) is 14.2 Å². The maximum absolute atomic E-state index is 14.9. The lowest BCUT2D eigenvalue weighted by atomic mass is 10.0. The van der Waals surface area contributed by atoms with Crippen LogP contribution in [0.3, 0.4) is 0 Å². The predicted molar refractivity (Wildman–Crippen MR) is 101 cm³/mol. The maximum atomic E-state index is 14.9. The number of halogens is 3. The molecule has 28 heavy (non-hydrogen) atoms. The van der Waals surface area contributed by atoms with Crippen molar-refractivity contribution in [2.45, 2.75) is 12.5 Å². The number of hydrogen-bond donors (Lipinski definition) is 1. The molecular weight excluding hydrogens is 392 g/mol. The molecule has 5 nitrogen and oxygen atoms in total. The summed E-state index contributed by atoms with van der Waals surface area (Å²) in [5, 5.41) is 2.18. The molecule has 0 aliphatic carbocycles. The van der Waals surface area contributed by atoms with E-state index in [0.29, 0.717) is 6.41 Å². The summed E-state index contributed by atoms with van der Waals surface area (Å²) in [6.45, 7) is 2.81. The zero-order chi connectivity index (χ0) is 20.6. The van der Waals surface area contributed by atoms with Crippen LogP contribution in [0.1, 0.15) is 6.42 Å². The third kappa shape index (κ3) is 3.44. The Morgan fingerprint density at radius 3 is 2.46 bits per heavy atom. The van der Waals surface area contributed by atoms with Crippen LogP contribution < -0.4 is 15.5 Å². The van der Waals surface area contributed by atoms with Crippen molar-refractivity contribution in [3.05, 3.63) is 47.8 Å². The lowest BCUT2D eigenvalue weighted by Crippen LogP contribution is -2.38. The smallest absolute Gasteiger partial charge is 0.249 e. The van der Waals surface area contributed by atoms with E-state index in [0.717, 1.165) is 11.0 Å². The molecule has 1 fully saturated rings. The Bertz CT molecular complexity index is 1010. The Hall–Kier alpha value is -2.60. The lowest BCUT2D eigenvalue weighted by Gasteiger charge is -2.20. The molecule has 1 aliphatic heterocycles. The maximum Gasteiger partial charge on any atom is 0.249 e. The molecular formula is C19H18F3N2O3P. The second-order valence-electron chi connectivity index (χ2n) is 6.86. The van der Waals surface area contributed by atoms with E-state index in [1.54, 1.807) is 0 Å². The van der Waals surface area contributed by atoms with Crippen LogP contribution in [0.2, 0.25) is 0 Å². The van der Waals surface area contributed by atoms with Gasteiger partial charge in [0.1, 0.15) is 19.0 Å². The Labute approximate surface area is 159 Å². The summed E-state index contributed by atoms with van der Waals surface area (Å²) >= 11 is 0. The van der Waals surface area contributed by atoms with Crippen molar-refractivity contribution in [1.29, 1.82) is 0 Å². The van der Waals surface area contributed by atoms with Gasteiger partial charge in [-0.2, -0.15) is 0 Å². The van der Waals surface area contributed by atoms with Crippen molar-refractivity contribution in [3.63, 3.8) is 0 Å². The Balaban J connectivity index is 2.08. The summed E-state index contributed by atoms with van der Waals surface area (Å²) in [6, 6.07) is 5.48. The molecule has 1 aliphatic rings. The Morgan fingerprint density at radius 1 is 1.11 bits per heavy atom. The van der Waals surface area contributed by atoms with Gasteiger partial charge >= 0.3 is 0 Å². The summed E-state index contributed by atoms with van der Waals surface area (Å²) in [4.78, 5) is 23.9. The molecule has 0 saturated carbocycles. The number of rotatable bonds is 5. The normalized spacial score (nSPS) is 17.1. The molecule has 1 heterocycles. The Kier molecular flexibility index (Phi) is 5.35. The number of nitrogens with one attached hydrogen (secondary N) is 1. The largest absolute Gasteiger partial charge is 0.347 e. The monoisotopic (exact) mass is 410 g/mol. The summed E-state index contributed by atoms with van der Waals surface area (Å²) in [6.07, 6.45) is 0.647. The van der Waals surface area contributed by atoms with E-state index in [-0.39, 0.29) is 35.1 Å². The molecule has 2 aromatic carbocycles. The van der Waals surface area contributed by atoms with Gasteiger partial charge in [-0.05, 0) is 43.5 Å². The predicted octanol–water partition coefficient (Wildman–Crippen LogP) is 2.87. The number of hydrogen-bond acceptors (Lipinski definition) is 3. The van der Waals surface area contributed by atoms with Gasteiger partial charge in [0.15, 0.2) is 11.6 Å².